The molecule has 0 radical (unpaired) electrons. The van der Waals surface area contributed by atoms with E-state index < -0.39 is 0 Å². The molecule has 0 bridgehead atoms. The van der Waals surface area contributed by atoms with Gasteiger partial charge in [-0.2, -0.15) is 0 Å². The van der Waals surface area contributed by atoms with E-state index in [1.165, 1.54) is 0 Å². The van der Waals surface area contributed by atoms with Crippen molar-refractivity contribution in [1.82, 2.24) is 16.0 Å². The third kappa shape index (κ3) is 29.4. The van der Waals surface area contributed by atoms with Gasteiger partial charge in [0.25, 0.3) is 0 Å². The summed E-state index contributed by atoms with van der Waals surface area (Å²) in [5.74, 6) is 0. The average molecular weight is 383 g/mol. The summed E-state index contributed by atoms with van der Waals surface area (Å²) in [6.45, 7) is 1.33. The zero-order chi connectivity index (χ0) is 12.3. The average Bonchev–Trinajstić information content (AvgIpc) is 2.13. The molecule has 0 fully saturated rings. The number of nitrogens with one attached hydrogen (secondary N) is 3. The van der Waals surface area contributed by atoms with Crippen LogP contribution < -0.4 is 16.0 Å². The predicted octanol–water partition coefficient (Wildman–Crippen LogP) is 0.247. The fourth-order valence-corrected chi connectivity index (χ4v) is 0.737. The van der Waals surface area contributed by atoms with Crippen LogP contribution in [0.1, 0.15) is 0 Å². The Morgan fingerprint density at radius 3 is 1.44 bits per heavy atom. The second kappa shape index (κ2) is 16.1. The van der Waals surface area contributed by atoms with Crippen molar-refractivity contribution in [2.75, 3.05) is 20.1 Å². The molecular formula is C6H11N3S6Zn. The zero-order valence-electron chi connectivity index (χ0n) is 8.61. The first kappa shape index (κ1) is 22.3. The summed E-state index contributed by atoms with van der Waals surface area (Å²) in [7, 11) is 1.73. The van der Waals surface area contributed by atoms with Gasteiger partial charge in [0, 0.05) is 20.1 Å². The molecular weight excluding hydrogens is 372 g/mol. The molecule has 3 nitrogen and oxygen atoms in total. The van der Waals surface area contributed by atoms with Crippen LogP contribution >= 0.6 is 49.3 Å². The molecule has 0 heterocycles. The maximum absolute atomic E-state index is 4.59. The fraction of sp³-hybridized carbons (Fsp3) is 0.500. The van der Waals surface area contributed by atoms with E-state index in [4.69, 9.17) is 0 Å². The molecule has 0 amide bonds. The van der Waals surface area contributed by atoms with E-state index in [0.29, 0.717) is 26.1 Å². The van der Waals surface area contributed by atoms with Gasteiger partial charge in [-0.25, -0.2) is 0 Å². The van der Waals surface area contributed by atoms with Crippen molar-refractivity contribution < 1.29 is 19.5 Å². The molecule has 3 N–H and O–H groups in total. The Morgan fingerprint density at radius 2 is 1.31 bits per heavy atom. The molecule has 0 aliphatic carbocycles. The normalized spacial score (nSPS) is 7.38. The third-order valence-corrected chi connectivity index (χ3v) is 1.88. The maximum atomic E-state index is 4.59. The number of hydrogen-bond acceptors (Lipinski definition) is 5. The molecule has 0 saturated carbocycles. The van der Waals surface area contributed by atoms with E-state index in [9.17, 15) is 0 Å². The molecule has 10 heteroatoms. The van der Waals surface area contributed by atoms with Gasteiger partial charge >= 0.3 is 19.5 Å². The van der Waals surface area contributed by atoms with E-state index >= 15 is 0 Å². The molecule has 0 saturated heterocycles. The van der Waals surface area contributed by atoms with Gasteiger partial charge in [-0.15, -0.1) is 12.6 Å². The third-order valence-electron chi connectivity index (χ3n) is 0.878. The van der Waals surface area contributed by atoms with Crippen LogP contribution in [0.15, 0.2) is 0 Å². The Morgan fingerprint density at radius 1 is 1.06 bits per heavy atom. The number of hydrogen-bond donors (Lipinski definition) is 4. The fourth-order valence-electron chi connectivity index (χ4n) is 0.329. The molecule has 16 heavy (non-hydrogen) atoms. The van der Waals surface area contributed by atoms with Gasteiger partial charge in [-0.1, -0.05) is 20.9 Å². The quantitative estimate of drug-likeness (QED) is 0.182. The Kier molecular flexibility index (Phi) is 22.4. The van der Waals surface area contributed by atoms with E-state index in [2.05, 4.69) is 90.5 Å². The smallest absolute Gasteiger partial charge is 0.412 e. The van der Waals surface area contributed by atoms with E-state index in [-0.39, 0.29) is 19.5 Å². The van der Waals surface area contributed by atoms with Crippen molar-refractivity contribution in [2.45, 2.75) is 0 Å². The van der Waals surface area contributed by atoms with Gasteiger partial charge in [0.2, 0.25) is 0 Å². The maximum Gasteiger partial charge on any atom is 2.00 e. The van der Waals surface area contributed by atoms with Crippen molar-refractivity contribution in [3.63, 3.8) is 0 Å². The molecule has 0 aromatic heterocycles. The molecule has 0 spiro atoms. The Hall–Kier alpha value is 1.08. The topological polar surface area (TPSA) is 36.1 Å². The molecule has 0 aromatic carbocycles. The van der Waals surface area contributed by atoms with Crippen LogP contribution in [0, 0.1) is 0 Å². The second-order valence-corrected chi connectivity index (χ2v) is 5.29. The minimum atomic E-state index is 0. The van der Waals surface area contributed by atoms with E-state index in [0.717, 1.165) is 0 Å². The molecule has 0 aliphatic heterocycles. The summed E-state index contributed by atoms with van der Waals surface area (Å²) in [4.78, 5) is 0. The summed E-state index contributed by atoms with van der Waals surface area (Å²) in [5, 5.41) is 8.18. The van der Waals surface area contributed by atoms with Crippen molar-refractivity contribution in [3.05, 3.63) is 0 Å². The van der Waals surface area contributed by atoms with Crippen LogP contribution in [0.3, 0.4) is 0 Å². The van der Waals surface area contributed by atoms with Crippen molar-refractivity contribution in [3.8, 4) is 0 Å². The second-order valence-electron chi connectivity index (χ2n) is 1.98. The first-order valence-electron chi connectivity index (χ1n) is 3.70. The van der Waals surface area contributed by atoms with Crippen molar-refractivity contribution in [2.24, 2.45) is 0 Å². The van der Waals surface area contributed by atoms with Gasteiger partial charge < -0.3 is 65.6 Å². The molecule has 88 valence electrons. The van der Waals surface area contributed by atoms with Crippen LogP contribution in [0.2, 0.25) is 0 Å². The first-order chi connectivity index (χ1) is 6.90. The zero-order valence-corrected chi connectivity index (χ0v) is 16.6. The predicted molar refractivity (Wildman–Crippen MR) is 86.6 cm³/mol. The monoisotopic (exact) mass is 381 g/mol. The summed E-state index contributed by atoms with van der Waals surface area (Å²) in [6.07, 6.45) is 0. The Labute approximate surface area is 142 Å². The Balaban J connectivity index is -0.000000242. The number of thiol groups is 1. The Bertz CT molecular complexity index is 208. The van der Waals surface area contributed by atoms with E-state index in [1.54, 1.807) is 7.05 Å². The number of thiocarbonyl (C=S) groups is 3. The minimum absolute atomic E-state index is 0. The van der Waals surface area contributed by atoms with Gasteiger partial charge in [-0.05, 0) is 0 Å². The van der Waals surface area contributed by atoms with Crippen LogP contribution in [0.5, 0.6) is 0 Å². The largest absolute Gasteiger partial charge is 2.00 e. The molecule has 0 unspecified atom stereocenters. The van der Waals surface area contributed by atoms with Crippen LogP contribution in [-0.4, -0.2) is 33.1 Å². The summed E-state index contributed by atoms with van der Waals surface area (Å²) in [5.41, 5.74) is 0. The summed E-state index contributed by atoms with van der Waals surface area (Å²) < 4.78 is 1.28. The number of rotatable bonds is 3. The summed E-state index contributed by atoms with van der Waals surface area (Å²) >= 11 is 26.5. The molecule has 0 aliphatic rings. The molecule has 0 rings (SSSR count). The van der Waals surface area contributed by atoms with Gasteiger partial charge in [0.05, 0.1) is 0 Å². The molecule has 0 aromatic rings. The minimum Gasteiger partial charge on any atom is -0.412 e. The van der Waals surface area contributed by atoms with Crippen LogP contribution in [0.25, 0.3) is 0 Å². The van der Waals surface area contributed by atoms with Gasteiger partial charge in [0.15, 0.2) is 0 Å². The van der Waals surface area contributed by atoms with Crippen molar-refractivity contribution >= 4 is 87.5 Å². The van der Waals surface area contributed by atoms with Crippen LogP contribution in [-0.2, 0) is 44.7 Å². The van der Waals surface area contributed by atoms with Crippen LogP contribution in [0.4, 0.5) is 0 Å². The van der Waals surface area contributed by atoms with Gasteiger partial charge in [-0.3, -0.25) is 0 Å². The summed E-state index contributed by atoms with van der Waals surface area (Å²) in [6, 6.07) is 0. The van der Waals surface area contributed by atoms with Gasteiger partial charge in [0.1, 0.15) is 4.32 Å². The first-order valence-corrected chi connectivity index (χ1v) is 6.19. The SMILES string of the molecule is CNC(=S)S.S=C([S-])NCCNC(=S)[S-].[Zn+2]. The molecule has 0 atom stereocenters. The van der Waals surface area contributed by atoms with Crippen molar-refractivity contribution in [1.29, 1.82) is 0 Å². The van der Waals surface area contributed by atoms with E-state index in [1.807, 2.05) is 0 Å². The standard InChI is InChI=1S/C4H8N2S4.C2H5NS2.Zn/c7-3(8)5-1-2-6-4(9)10;1-3-2(4)5;/h1-2H2,(H2,5,7,8)(H2,6,9,10);1H3,(H2,3,4,5);/q;;+2/p-2.